The van der Waals surface area contributed by atoms with Crippen LogP contribution in [0.1, 0.15) is 26.7 Å². The van der Waals surface area contributed by atoms with Crippen LogP contribution in [0.5, 0.6) is 0 Å². The fourth-order valence-electron chi connectivity index (χ4n) is 1.73. The van der Waals surface area contributed by atoms with Crippen molar-refractivity contribution in [1.29, 1.82) is 0 Å². The lowest BCUT2D eigenvalue weighted by molar-refractivity contribution is -0.148. The molecule has 18 heavy (non-hydrogen) atoms. The van der Waals surface area contributed by atoms with Gasteiger partial charge in [0.05, 0.1) is 25.0 Å². The predicted molar refractivity (Wildman–Crippen MR) is 70.7 cm³/mol. The second kappa shape index (κ2) is 6.99. The molecule has 104 valence electrons. The molecule has 2 atom stereocenters. The number of hydrogen-bond donors (Lipinski definition) is 2. The molecule has 1 heterocycles. The van der Waals surface area contributed by atoms with Crippen molar-refractivity contribution in [1.82, 2.24) is 5.32 Å². The van der Waals surface area contributed by atoms with E-state index in [1.165, 1.54) is 0 Å². The highest BCUT2D eigenvalue weighted by Crippen LogP contribution is 2.28. The van der Waals surface area contributed by atoms with Crippen LogP contribution in [0.4, 0.5) is 0 Å². The van der Waals surface area contributed by atoms with Gasteiger partial charge in [-0.2, -0.15) is 11.8 Å². The Labute approximate surface area is 112 Å². The molecule has 1 saturated heterocycles. The van der Waals surface area contributed by atoms with Crippen molar-refractivity contribution in [3.63, 3.8) is 0 Å². The Bertz CT molecular complexity index is 310. The molecule has 0 aliphatic carbocycles. The minimum Gasteiger partial charge on any atom is -0.481 e. The number of carbonyl (C=O) groups excluding carboxylic acids is 1. The highest BCUT2D eigenvalue weighted by atomic mass is 32.2. The largest absolute Gasteiger partial charge is 0.481 e. The van der Waals surface area contributed by atoms with Crippen molar-refractivity contribution in [2.75, 3.05) is 24.7 Å². The van der Waals surface area contributed by atoms with Crippen LogP contribution in [-0.2, 0) is 14.3 Å². The molecule has 0 radical (unpaired) electrons. The Morgan fingerprint density at radius 1 is 1.56 bits per heavy atom. The van der Waals surface area contributed by atoms with Gasteiger partial charge in [-0.05, 0) is 19.1 Å². The quantitative estimate of drug-likeness (QED) is 0.681. The maximum absolute atomic E-state index is 11.7. The van der Waals surface area contributed by atoms with Gasteiger partial charge in [0.2, 0.25) is 5.91 Å². The van der Waals surface area contributed by atoms with Crippen LogP contribution in [0.2, 0.25) is 0 Å². The van der Waals surface area contributed by atoms with Gasteiger partial charge >= 0.3 is 5.97 Å². The molecule has 1 fully saturated rings. The van der Waals surface area contributed by atoms with Crippen LogP contribution in [0, 0.1) is 5.41 Å². The molecule has 0 aromatic carbocycles. The van der Waals surface area contributed by atoms with Gasteiger partial charge in [0.25, 0.3) is 0 Å². The number of carboxylic acids is 1. The number of unbranched alkanes of at least 4 members (excludes halogenated alkanes) is 1. The summed E-state index contributed by atoms with van der Waals surface area (Å²) in [7, 11) is 0. The third-order valence-electron chi connectivity index (χ3n) is 3.15. The summed E-state index contributed by atoms with van der Waals surface area (Å²) in [5.74, 6) is 0.302. The number of nitrogens with one attached hydrogen (secondary N) is 1. The monoisotopic (exact) mass is 275 g/mol. The number of rotatable bonds is 7. The third kappa shape index (κ3) is 3.88. The average Bonchev–Trinajstić information content (AvgIpc) is 2.68. The molecule has 1 aliphatic heterocycles. The van der Waals surface area contributed by atoms with Crippen molar-refractivity contribution in [2.24, 2.45) is 5.41 Å². The molecule has 2 unspecified atom stereocenters. The second-order valence-electron chi connectivity index (χ2n) is 4.76. The maximum Gasteiger partial charge on any atom is 0.313 e. The molecule has 2 N–H and O–H groups in total. The van der Waals surface area contributed by atoms with Gasteiger partial charge in [0.1, 0.15) is 5.41 Å². The Morgan fingerprint density at radius 2 is 2.28 bits per heavy atom. The van der Waals surface area contributed by atoms with E-state index in [1.807, 2.05) is 0 Å². The van der Waals surface area contributed by atoms with Gasteiger partial charge in [-0.25, -0.2) is 0 Å². The summed E-state index contributed by atoms with van der Waals surface area (Å²) in [5, 5.41) is 11.9. The van der Waals surface area contributed by atoms with Gasteiger partial charge in [-0.1, -0.05) is 13.3 Å². The first-order valence-electron chi connectivity index (χ1n) is 6.19. The molecule has 5 nitrogen and oxygen atoms in total. The first-order chi connectivity index (χ1) is 8.50. The zero-order valence-electron chi connectivity index (χ0n) is 10.9. The molecule has 1 amide bonds. The van der Waals surface area contributed by atoms with Gasteiger partial charge in [-0.3, -0.25) is 9.59 Å². The Balaban J connectivity index is 2.37. The highest BCUT2D eigenvalue weighted by molar-refractivity contribution is 7.99. The van der Waals surface area contributed by atoms with E-state index < -0.39 is 17.4 Å². The molecular weight excluding hydrogens is 254 g/mol. The lowest BCUT2D eigenvalue weighted by Crippen LogP contribution is -2.50. The second-order valence-corrected chi connectivity index (χ2v) is 5.87. The SMILES string of the molecule is CCCCSCC(=O)NC1COCC1(C)C(=O)O. The molecule has 0 spiro atoms. The number of ether oxygens (including phenoxy) is 1. The van der Waals surface area contributed by atoms with E-state index in [-0.39, 0.29) is 19.1 Å². The number of thioether (sulfide) groups is 1. The number of carbonyl (C=O) groups is 2. The van der Waals surface area contributed by atoms with Crippen LogP contribution in [0.3, 0.4) is 0 Å². The van der Waals surface area contributed by atoms with Crippen molar-refractivity contribution in [3.8, 4) is 0 Å². The first kappa shape index (κ1) is 15.3. The predicted octanol–water partition coefficient (Wildman–Crippen LogP) is 1.13. The Kier molecular flexibility index (Phi) is 5.95. The zero-order chi connectivity index (χ0) is 13.6. The van der Waals surface area contributed by atoms with E-state index >= 15 is 0 Å². The van der Waals surface area contributed by atoms with Crippen LogP contribution in [-0.4, -0.2) is 47.7 Å². The van der Waals surface area contributed by atoms with E-state index in [9.17, 15) is 9.59 Å². The lowest BCUT2D eigenvalue weighted by Gasteiger charge is -2.25. The maximum atomic E-state index is 11.7. The fraction of sp³-hybridized carbons (Fsp3) is 0.833. The molecule has 0 aromatic heterocycles. The fourth-order valence-corrected chi connectivity index (χ4v) is 2.64. The normalized spacial score (nSPS) is 27.1. The van der Waals surface area contributed by atoms with E-state index in [2.05, 4.69) is 12.2 Å². The molecule has 6 heteroatoms. The summed E-state index contributed by atoms with van der Waals surface area (Å²) in [6.45, 7) is 4.14. The minimum absolute atomic E-state index is 0.112. The van der Waals surface area contributed by atoms with Gasteiger partial charge < -0.3 is 15.2 Å². The van der Waals surface area contributed by atoms with Crippen molar-refractivity contribution in [2.45, 2.75) is 32.7 Å². The Hall–Kier alpha value is -0.750. The first-order valence-corrected chi connectivity index (χ1v) is 7.34. The summed E-state index contributed by atoms with van der Waals surface area (Å²) in [6.07, 6.45) is 2.21. The summed E-state index contributed by atoms with van der Waals surface area (Å²) in [4.78, 5) is 22.9. The van der Waals surface area contributed by atoms with Gasteiger partial charge in [0, 0.05) is 0 Å². The summed E-state index contributed by atoms with van der Waals surface area (Å²) < 4.78 is 5.18. The van der Waals surface area contributed by atoms with E-state index in [4.69, 9.17) is 9.84 Å². The third-order valence-corrected chi connectivity index (χ3v) is 4.20. The standard InChI is InChI=1S/C12H21NO4S/c1-3-4-5-18-7-10(14)13-9-6-17-8-12(9,2)11(15)16/h9H,3-8H2,1-2H3,(H,13,14)(H,15,16). The number of hydrogen-bond acceptors (Lipinski definition) is 4. The molecule has 1 aliphatic rings. The van der Waals surface area contributed by atoms with Crippen molar-refractivity contribution < 1.29 is 19.4 Å². The van der Waals surface area contributed by atoms with E-state index in [1.54, 1.807) is 18.7 Å². The van der Waals surface area contributed by atoms with E-state index in [0.717, 1.165) is 18.6 Å². The molecular formula is C12H21NO4S. The number of aliphatic carboxylic acids is 1. The zero-order valence-corrected chi connectivity index (χ0v) is 11.7. The summed E-state index contributed by atoms with van der Waals surface area (Å²) in [5.41, 5.74) is -1.01. The topological polar surface area (TPSA) is 75.6 Å². The number of carboxylic acid groups (broad SMARTS) is 1. The van der Waals surface area contributed by atoms with E-state index in [0.29, 0.717) is 5.75 Å². The summed E-state index contributed by atoms with van der Waals surface area (Å²) in [6, 6.07) is -0.436. The van der Waals surface area contributed by atoms with Gasteiger partial charge in [-0.15, -0.1) is 0 Å². The van der Waals surface area contributed by atoms with Crippen molar-refractivity contribution >= 4 is 23.6 Å². The molecule has 0 bridgehead atoms. The van der Waals surface area contributed by atoms with Crippen LogP contribution < -0.4 is 5.32 Å². The van der Waals surface area contributed by atoms with Crippen LogP contribution >= 0.6 is 11.8 Å². The number of amides is 1. The van der Waals surface area contributed by atoms with Gasteiger partial charge in [0.15, 0.2) is 0 Å². The molecule has 0 aromatic rings. The highest BCUT2D eigenvalue weighted by Gasteiger charge is 2.47. The lowest BCUT2D eigenvalue weighted by atomic mass is 9.85. The average molecular weight is 275 g/mol. The Morgan fingerprint density at radius 3 is 2.89 bits per heavy atom. The van der Waals surface area contributed by atoms with Crippen LogP contribution in [0.15, 0.2) is 0 Å². The molecule has 0 saturated carbocycles. The van der Waals surface area contributed by atoms with Crippen molar-refractivity contribution in [3.05, 3.63) is 0 Å². The smallest absolute Gasteiger partial charge is 0.313 e. The summed E-state index contributed by atoms with van der Waals surface area (Å²) >= 11 is 1.58. The minimum atomic E-state index is -1.01. The molecule has 1 rings (SSSR count). The van der Waals surface area contributed by atoms with Crippen LogP contribution in [0.25, 0.3) is 0 Å².